The number of hydrogen-bond donors (Lipinski definition) is 4. The summed E-state index contributed by atoms with van der Waals surface area (Å²) in [6, 6.07) is 0. The predicted molar refractivity (Wildman–Crippen MR) is 234 cm³/mol. The van der Waals surface area contributed by atoms with Gasteiger partial charge < -0.3 is 43.7 Å². The fraction of sp³-hybridized carbons (Fsp3) is 0.979. The Kier molecular flexibility index (Phi) is 23.4. The quantitative estimate of drug-likeness (QED) is 0.0285. The number of aliphatic hydroxyl groups is 3. The number of unbranched alkanes of at least 4 members (excludes halogenated alkanes) is 8. The Morgan fingerprint density at radius 1 is 0.638 bits per heavy atom. The van der Waals surface area contributed by atoms with Crippen LogP contribution in [0.4, 0.5) is 0 Å². The van der Waals surface area contributed by atoms with Crippen molar-refractivity contribution in [3.05, 3.63) is 0 Å². The van der Waals surface area contributed by atoms with Gasteiger partial charge >= 0.3 is 5.97 Å². The molecule has 0 aromatic rings. The van der Waals surface area contributed by atoms with Crippen LogP contribution in [-0.4, -0.2) is 106 Å². The number of carbonyl (C=O) groups excluding carboxylic acids is 1. The number of hydrogen-bond acceptors (Lipinski definition) is 11. The van der Waals surface area contributed by atoms with Crippen molar-refractivity contribution in [3.63, 3.8) is 0 Å². The van der Waals surface area contributed by atoms with E-state index in [0.29, 0.717) is 58.5 Å². The highest BCUT2D eigenvalue weighted by atomic mass is 16.6. The van der Waals surface area contributed by atoms with Gasteiger partial charge in [0.2, 0.25) is 0 Å². The molecular weight excluding hydrogens is 739 g/mol. The van der Waals surface area contributed by atoms with Crippen LogP contribution in [0.5, 0.6) is 0 Å². The third-order valence-corrected chi connectivity index (χ3v) is 11.9. The van der Waals surface area contributed by atoms with Gasteiger partial charge in [-0.05, 0) is 129 Å². The molecule has 0 amide bonds. The summed E-state index contributed by atoms with van der Waals surface area (Å²) in [5.74, 6) is -0.634. The highest BCUT2D eigenvalue weighted by molar-refractivity contribution is 5.69. The van der Waals surface area contributed by atoms with E-state index in [-0.39, 0.29) is 43.3 Å². The average Bonchev–Trinajstić information content (AvgIpc) is 3.51. The lowest BCUT2D eigenvalue weighted by atomic mass is 9.65. The fourth-order valence-corrected chi connectivity index (χ4v) is 7.95. The Bertz CT molecular complexity index is 1120. The number of carbonyl (C=O) groups is 1. The maximum Gasteiger partial charge on any atom is 0.307 e. The van der Waals surface area contributed by atoms with Crippen molar-refractivity contribution in [2.75, 3.05) is 39.9 Å². The Morgan fingerprint density at radius 3 is 1.60 bits per heavy atom. The Hall–Kier alpha value is -0.890. The van der Waals surface area contributed by atoms with Crippen molar-refractivity contribution >= 4 is 5.97 Å². The first kappa shape index (κ1) is 55.1. The number of ether oxygens (including phenoxy) is 6. The molecule has 11 nitrogen and oxygen atoms in total. The summed E-state index contributed by atoms with van der Waals surface area (Å²) in [5, 5.41) is 34.6. The molecule has 1 aliphatic rings. The van der Waals surface area contributed by atoms with Gasteiger partial charge in [-0.2, -0.15) is 0 Å². The number of nitrogens with one attached hydrogen (secondary N) is 1. The second kappa shape index (κ2) is 24.7. The smallest absolute Gasteiger partial charge is 0.307 e. The molecule has 1 aliphatic heterocycles. The van der Waals surface area contributed by atoms with Crippen LogP contribution in [0.25, 0.3) is 0 Å². The van der Waals surface area contributed by atoms with E-state index >= 15 is 0 Å². The van der Waals surface area contributed by atoms with E-state index in [1.807, 2.05) is 0 Å². The fourth-order valence-electron chi connectivity index (χ4n) is 7.95. The standard InChI is InChI=1S/C47H93NO10/c1-16-17-18-19-20-21-22-23-24-25-38(49)54-34-48-35-58-44(8,9)32-36(45(10,11)55-29-26-41(2,3)50)40-39(47(14,15)57-31-28-43(6,7)52)37(33-53-40)46(12,13)56-30-27-42(4,5)51/h36-37,39-40,48,50-52H,16-35H2,1-15H3. The van der Waals surface area contributed by atoms with Gasteiger partial charge in [0.05, 0.1) is 78.5 Å². The molecule has 0 bridgehead atoms. The largest absolute Gasteiger partial charge is 0.450 e. The second-order valence-corrected chi connectivity index (χ2v) is 21.3. The van der Waals surface area contributed by atoms with Crippen LogP contribution in [0.15, 0.2) is 0 Å². The Balaban J connectivity index is 3.18. The van der Waals surface area contributed by atoms with Gasteiger partial charge in [-0.15, -0.1) is 0 Å². The van der Waals surface area contributed by atoms with E-state index in [9.17, 15) is 20.1 Å². The minimum Gasteiger partial charge on any atom is -0.450 e. The average molecular weight is 832 g/mol. The lowest BCUT2D eigenvalue weighted by Crippen LogP contribution is -2.55. The van der Waals surface area contributed by atoms with Crippen molar-refractivity contribution in [2.45, 2.75) is 239 Å². The minimum absolute atomic E-state index is 0.0789. The van der Waals surface area contributed by atoms with Crippen LogP contribution in [0, 0.1) is 17.8 Å². The van der Waals surface area contributed by atoms with Crippen molar-refractivity contribution in [3.8, 4) is 0 Å². The molecule has 11 heteroatoms. The lowest BCUT2D eigenvalue weighted by molar-refractivity contribution is -0.174. The second-order valence-electron chi connectivity index (χ2n) is 21.3. The zero-order valence-corrected chi connectivity index (χ0v) is 40.2. The molecule has 4 unspecified atom stereocenters. The SMILES string of the molecule is CCCCCCCCCCCC(=O)OCNCOC(C)(C)CC(C1OCC(C(C)(C)OCCC(C)(C)O)C1C(C)(C)OCCC(C)(C)O)C(C)(C)OCCC(C)(C)O. The van der Waals surface area contributed by atoms with Crippen LogP contribution < -0.4 is 5.32 Å². The van der Waals surface area contributed by atoms with Crippen LogP contribution in [0.3, 0.4) is 0 Å². The topological polar surface area (TPSA) is 145 Å². The number of esters is 1. The van der Waals surface area contributed by atoms with E-state index in [1.54, 1.807) is 41.5 Å². The van der Waals surface area contributed by atoms with Crippen LogP contribution in [0.2, 0.25) is 0 Å². The predicted octanol–water partition coefficient (Wildman–Crippen LogP) is 9.26. The third kappa shape index (κ3) is 23.4. The van der Waals surface area contributed by atoms with Gasteiger partial charge in [-0.1, -0.05) is 58.3 Å². The monoisotopic (exact) mass is 832 g/mol. The van der Waals surface area contributed by atoms with Gasteiger partial charge in [0.25, 0.3) is 0 Å². The van der Waals surface area contributed by atoms with E-state index in [0.717, 1.165) is 19.3 Å². The van der Waals surface area contributed by atoms with E-state index in [4.69, 9.17) is 28.4 Å². The molecule has 4 atom stereocenters. The molecule has 346 valence electrons. The zero-order chi connectivity index (χ0) is 44.5. The van der Waals surface area contributed by atoms with Crippen LogP contribution >= 0.6 is 0 Å². The molecule has 1 heterocycles. The lowest BCUT2D eigenvalue weighted by Gasteiger charge is -2.48. The molecule has 1 fully saturated rings. The van der Waals surface area contributed by atoms with Gasteiger partial charge in [0.15, 0.2) is 0 Å². The molecule has 0 saturated carbocycles. The first-order valence-corrected chi connectivity index (χ1v) is 22.7. The summed E-state index contributed by atoms with van der Waals surface area (Å²) in [7, 11) is 0. The van der Waals surface area contributed by atoms with Gasteiger partial charge in [-0.25, -0.2) is 0 Å². The summed E-state index contributed by atoms with van der Waals surface area (Å²) in [6.07, 6.45) is 12.9. The van der Waals surface area contributed by atoms with Crippen molar-refractivity contribution in [1.82, 2.24) is 5.32 Å². The number of rotatable bonds is 33. The highest BCUT2D eigenvalue weighted by Crippen LogP contribution is 2.50. The summed E-state index contributed by atoms with van der Waals surface area (Å²) in [6.45, 7) is 31.5. The van der Waals surface area contributed by atoms with Crippen molar-refractivity contribution in [1.29, 1.82) is 0 Å². The molecule has 0 radical (unpaired) electrons. The van der Waals surface area contributed by atoms with Crippen LogP contribution in [-0.2, 0) is 33.2 Å². The Labute approximate surface area is 355 Å². The van der Waals surface area contributed by atoms with Gasteiger partial charge in [0, 0.05) is 24.2 Å². The van der Waals surface area contributed by atoms with E-state index in [1.165, 1.54) is 38.5 Å². The summed E-state index contributed by atoms with van der Waals surface area (Å²) < 4.78 is 38.8. The van der Waals surface area contributed by atoms with Gasteiger partial charge in [-0.3, -0.25) is 10.1 Å². The maximum absolute atomic E-state index is 12.4. The normalized spacial score (nSPS) is 19.5. The molecule has 0 aliphatic carbocycles. The molecule has 4 N–H and O–H groups in total. The molecular formula is C47H93NO10. The molecule has 1 rings (SSSR count). The highest BCUT2D eigenvalue weighted by Gasteiger charge is 2.57. The summed E-state index contributed by atoms with van der Waals surface area (Å²) in [4.78, 5) is 12.4. The molecule has 58 heavy (non-hydrogen) atoms. The first-order valence-electron chi connectivity index (χ1n) is 22.7. The first-order chi connectivity index (χ1) is 26.5. The molecule has 0 spiro atoms. The van der Waals surface area contributed by atoms with Crippen molar-refractivity contribution in [2.24, 2.45) is 17.8 Å². The minimum atomic E-state index is -0.880. The van der Waals surface area contributed by atoms with Crippen molar-refractivity contribution < 1.29 is 48.5 Å². The maximum atomic E-state index is 12.4. The summed E-state index contributed by atoms with van der Waals surface area (Å²) >= 11 is 0. The molecule has 0 aromatic heterocycles. The van der Waals surface area contributed by atoms with E-state index in [2.05, 4.69) is 67.6 Å². The van der Waals surface area contributed by atoms with Crippen LogP contribution in [0.1, 0.15) is 194 Å². The van der Waals surface area contributed by atoms with E-state index < -0.39 is 39.2 Å². The molecule has 0 aromatic carbocycles. The molecule has 1 saturated heterocycles. The van der Waals surface area contributed by atoms with Gasteiger partial charge in [0.1, 0.15) is 6.73 Å². The Morgan fingerprint density at radius 2 is 1.10 bits per heavy atom. The summed E-state index contributed by atoms with van der Waals surface area (Å²) in [5.41, 5.74) is -5.29. The third-order valence-electron chi connectivity index (χ3n) is 11.9. The zero-order valence-electron chi connectivity index (χ0n) is 40.2.